The third kappa shape index (κ3) is 4.31. The molecule has 138 valence electrons. The number of amides is 1. The van der Waals surface area contributed by atoms with Gasteiger partial charge in [-0.1, -0.05) is 51.1 Å². The molecule has 0 atom stereocenters. The van der Waals surface area contributed by atoms with Crippen LogP contribution < -0.4 is 5.32 Å². The zero-order valence-electron chi connectivity index (χ0n) is 15.9. The van der Waals surface area contributed by atoms with Crippen LogP contribution in [0.15, 0.2) is 59.1 Å². The molecule has 1 amide bonds. The monoisotopic (exact) mass is 362 g/mol. The summed E-state index contributed by atoms with van der Waals surface area (Å²) in [7, 11) is 0. The average Bonchev–Trinajstić information content (AvgIpc) is 3.07. The van der Waals surface area contributed by atoms with Crippen LogP contribution in [0, 0.1) is 6.92 Å². The molecule has 5 nitrogen and oxygen atoms in total. The maximum absolute atomic E-state index is 12.4. The summed E-state index contributed by atoms with van der Waals surface area (Å²) in [5.41, 5.74) is 2.69. The van der Waals surface area contributed by atoms with Gasteiger partial charge in [0.15, 0.2) is 0 Å². The molecule has 3 aromatic rings. The van der Waals surface area contributed by atoms with Crippen LogP contribution in [0.2, 0.25) is 0 Å². The predicted octanol–water partition coefficient (Wildman–Crippen LogP) is 4.77. The lowest BCUT2D eigenvalue weighted by molar-refractivity contribution is -0.112. The first-order valence-corrected chi connectivity index (χ1v) is 8.73. The second-order valence-electron chi connectivity index (χ2n) is 7.47. The van der Waals surface area contributed by atoms with Crippen LogP contribution in [0.4, 0.5) is 5.69 Å². The third-order valence-electron chi connectivity index (χ3n) is 4.21. The van der Waals surface area contributed by atoms with Crippen LogP contribution in [-0.4, -0.2) is 16.7 Å². The number of nitrogens with one attached hydrogen (secondary N) is 1. The van der Waals surface area contributed by atoms with Gasteiger partial charge in [0, 0.05) is 16.8 Å². The molecule has 0 aliphatic heterocycles. The second-order valence-corrected chi connectivity index (χ2v) is 7.47. The molecule has 0 radical (unpaired) electrons. The highest BCUT2D eigenvalue weighted by Crippen LogP contribution is 2.24. The maximum Gasteiger partial charge on any atom is 0.296 e. The summed E-state index contributed by atoms with van der Waals surface area (Å²) < 4.78 is 5.49. The lowest BCUT2D eigenvalue weighted by Crippen LogP contribution is -2.23. The molecule has 2 aromatic carbocycles. The summed E-state index contributed by atoms with van der Waals surface area (Å²) in [6.45, 7) is 8.10. The van der Waals surface area contributed by atoms with Crippen LogP contribution in [0.25, 0.3) is 11.5 Å². The van der Waals surface area contributed by atoms with E-state index in [-0.39, 0.29) is 5.41 Å². The number of rotatable bonds is 4. The van der Waals surface area contributed by atoms with Crippen molar-refractivity contribution in [3.63, 3.8) is 0 Å². The molecule has 0 aliphatic rings. The molecule has 3 rings (SSSR count). The van der Waals surface area contributed by atoms with E-state index in [4.69, 9.17) is 4.42 Å². The predicted molar refractivity (Wildman–Crippen MR) is 105 cm³/mol. The summed E-state index contributed by atoms with van der Waals surface area (Å²) in [5, 5.41) is 2.64. The highest BCUT2D eigenvalue weighted by atomic mass is 16.4. The van der Waals surface area contributed by atoms with Crippen molar-refractivity contribution < 1.29 is 14.0 Å². The standard InChI is InChI=1S/C22H22N2O3/c1-14-13-23-21(27-14)16-6-5-7-18(12-16)24-20(26)19(25)15-8-10-17(11-9-15)22(2,3)4/h5-13H,1-4H3,(H,24,26). The third-order valence-corrected chi connectivity index (χ3v) is 4.21. The van der Waals surface area contributed by atoms with E-state index in [1.54, 1.807) is 36.5 Å². The Balaban J connectivity index is 1.74. The van der Waals surface area contributed by atoms with Gasteiger partial charge in [-0.15, -0.1) is 0 Å². The molecular formula is C22H22N2O3. The fourth-order valence-electron chi connectivity index (χ4n) is 2.66. The Kier molecular flexibility index (Phi) is 4.95. The molecular weight excluding hydrogens is 340 g/mol. The van der Waals surface area contributed by atoms with E-state index in [1.165, 1.54) is 0 Å². The van der Waals surface area contributed by atoms with Gasteiger partial charge in [-0.25, -0.2) is 4.98 Å². The molecule has 1 N–H and O–H groups in total. The van der Waals surface area contributed by atoms with Crippen molar-refractivity contribution in [3.8, 4) is 11.5 Å². The largest absolute Gasteiger partial charge is 0.441 e. The van der Waals surface area contributed by atoms with E-state index >= 15 is 0 Å². The zero-order valence-corrected chi connectivity index (χ0v) is 15.9. The first-order chi connectivity index (χ1) is 12.7. The molecule has 0 bridgehead atoms. The Morgan fingerprint density at radius 3 is 2.33 bits per heavy atom. The molecule has 0 aliphatic carbocycles. The maximum atomic E-state index is 12.4. The number of anilines is 1. The normalized spacial score (nSPS) is 11.3. The fraction of sp³-hybridized carbons (Fsp3) is 0.227. The summed E-state index contributed by atoms with van der Waals surface area (Å²) >= 11 is 0. The van der Waals surface area contributed by atoms with Gasteiger partial charge in [0.2, 0.25) is 5.89 Å². The first-order valence-electron chi connectivity index (χ1n) is 8.73. The number of aromatic nitrogens is 1. The summed E-state index contributed by atoms with van der Waals surface area (Å²) in [5.74, 6) is -0.0897. The average molecular weight is 362 g/mol. The number of carbonyl (C=O) groups is 2. The van der Waals surface area contributed by atoms with Gasteiger partial charge in [-0.3, -0.25) is 9.59 Å². The summed E-state index contributed by atoms with van der Waals surface area (Å²) in [6.07, 6.45) is 1.63. The van der Waals surface area contributed by atoms with Gasteiger partial charge in [0.25, 0.3) is 11.7 Å². The van der Waals surface area contributed by atoms with E-state index in [9.17, 15) is 9.59 Å². The van der Waals surface area contributed by atoms with Crippen molar-refractivity contribution in [1.82, 2.24) is 4.98 Å². The Hall–Kier alpha value is -3.21. The smallest absolute Gasteiger partial charge is 0.296 e. The molecule has 0 saturated carbocycles. The molecule has 0 spiro atoms. The quantitative estimate of drug-likeness (QED) is 0.536. The minimum atomic E-state index is -0.681. The summed E-state index contributed by atoms with van der Waals surface area (Å²) in [6, 6.07) is 14.2. The van der Waals surface area contributed by atoms with Crippen LogP contribution in [0.3, 0.4) is 0 Å². The van der Waals surface area contributed by atoms with E-state index < -0.39 is 11.7 Å². The lowest BCUT2D eigenvalue weighted by Gasteiger charge is -2.18. The zero-order chi connectivity index (χ0) is 19.6. The van der Waals surface area contributed by atoms with Crippen LogP contribution in [-0.2, 0) is 10.2 Å². The van der Waals surface area contributed by atoms with Gasteiger partial charge >= 0.3 is 0 Å². The number of ketones is 1. The van der Waals surface area contributed by atoms with Gasteiger partial charge < -0.3 is 9.73 Å². The molecule has 27 heavy (non-hydrogen) atoms. The van der Waals surface area contributed by atoms with E-state index in [1.807, 2.05) is 25.1 Å². The van der Waals surface area contributed by atoms with Gasteiger partial charge in [-0.05, 0) is 36.1 Å². The minimum Gasteiger partial charge on any atom is -0.441 e. The number of nitrogens with zero attached hydrogens (tertiary/aromatic N) is 1. The highest BCUT2D eigenvalue weighted by molar-refractivity contribution is 6.46. The van der Waals surface area contributed by atoms with Crippen molar-refractivity contribution in [2.75, 3.05) is 5.32 Å². The molecule has 0 fully saturated rings. The highest BCUT2D eigenvalue weighted by Gasteiger charge is 2.19. The van der Waals surface area contributed by atoms with Gasteiger partial charge in [0.1, 0.15) is 5.76 Å². The Morgan fingerprint density at radius 2 is 1.74 bits per heavy atom. The van der Waals surface area contributed by atoms with Crippen LogP contribution >= 0.6 is 0 Å². The van der Waals surface area contributed by atoms with Crippen molar-refractivity contribution in [1.29, 1.82) is 0 Å². The molecule has 1 heterocycles. The van der Waals surface area contributed by atoms with Crippen molar-refractivity contribution in [2.24, 2.45) is 0 Å². The molecule has 0 saturated heterocycles. The molecule has 0 unspecified atom stereocenters. The number of aryl methyl sites for hydroxylation is 1. The molecule has 5 heteroatoms. The Labute approximate surface area is 158 Å². The Bertz CT molecular complexity index is 979. The van der Waals surface area contributed by atoms with Crippen molar-refractivity contribution >= 4 is 17.4 Å². The summed E-state index contributed by atoms with van der Waals surface area (Å²) in [4.78, 5) is 28.9. The first kappa shape index (κ1) is 18.6. The van der Waals surface area contributed by atoms with Gasteiger partial charge in [-0.2, -0.15) is 0 Å². The van der Waals surface area contributed by atoms with Crippen LogP contribution in [0.5, 0.6) is 0 Å². The number of carbonyl (C=O) groups excluding carboxylic acids is 2. The number of oxazole rings is 1. The number of hydrogen-bond acceptors (Lipinski definition) is 4. The molecule has 1 aromatic heterocycles. The van der Waals surface area contributed by atoms with Crippen molar-refractivity contribution in [2.45, 2.75) is 33.1 Å². The van der Waals surface area contributed by atoms with Crippen LogP contribution in [0.1, 0.15) is 42.5 Å². The van der Waals surface area contributed by atoms with E-state index in [2.05, 4.69) is 31.1 Å². The minimum absolute atomic E-state index is 0.0114. The lowest BCUT2D eigenvalue weighted by atomic mass is 9.86. The second kappa shape index (κ2) is 7.19. The fourth-order valence-corrected chi connectivity index (χ4v) is 2.66. The van der Waals surface area contributed by atoms with Gasteiger partial charge in [0.05, 0.1) is 6.20 Å². The number of Topliss-reactive ketones (excluding diaryl/α,β-unsaturated/α-hetero) is 1. The van der Waals surface area contributed by atoms with E-state index in [0.717, 1.165) is 11.1 Å². The van der Waals surface area contributed by atoms with E-state index in [0.29, 0.717) is 22.9 Å². The van der Waals surface area contributed by atoms with Crippen molar-refractivity contribution in [3.05, 3.63) is 71.6 Å². The Morgan fingerprint density at radius 1 is 1.04 bits per heavy atom. The number of hydrogen-bond donors (Lipinski definition) is 1. The topological polar surface area (TPSA) is 72.2 Å². The number of benzene rings is 2. The SMILES string of the molecule is Cc1cnc(-c2cccc(NC(=O)C(=O)c3ccc(C(C)(C)C)cc3)c2)o1.